The summed E-state index contributed by atoms with van der Waals surface area (Å²) in [5.41, 5.74) is -0.210. The summed E-state index contributed by atoms with van der Waals surface area (Å²) in [7, 11) is 0. The minimum atomic E-state index is -1.61. The molecule has 44 heavy (non-hydrogen) atoms. The summed E-state index contributed by atoms with van der Waals surface area (Å²) in [6.45, 7) is 17.8. The van der Waals surface area contributed by atoms with E-state index in [2.05, 4.69) is 12.2 Å². The molecule has 4 unspecified atom stereocenters. The zero-order valence-corrected chi connectivity index (χ0v) is 27.9. The molecule has 0 heterocycles. The zero-order chi connectivity index (χ0) is 33.2. The van der Waals surface area contributed by atoms with Crippen molar-refractivity contribution >= 4 is 23.1 Å². The second-order valence-corrected chi connectivity index (χ2v) is 14.0. The smallest absolute Gasteiger partial charge is 0.184 e. The Bertz CT molecular complexity index is 1480. The van der Waals surface area contributed by atoms with Crippen molar-refractivity contribution in [3.63, 3.8) is 0 Å². The highest BCUT2D eigenvalue weighted by Gasteiger charge is 2.74. The molecule has 0 spiro atoms. The van der Waals surface area contributed by atoms with Crippen LogP contribution >= 0.6 is 0 Å². The van der Waals surface area contributed by atoms with E-state index in [4.69, 9.17) is 0 Å². The lowest BCUT2D eigenvalue weighted by atomic mass is 9.37. The molecule has 2 aliphatic rings. The Morgan fingerprint density at radius 2 is 1.36 bits per heavy atom. The molecule has 0 aromatic heterocycles. The largest absolute Gasteiger partial charge is 0.506 e. The van der Waals surface area contributed by atoms with Crippen molar-refractivity contribution in [1.29, 1.82) is 0 Å². The van der Waals surface area contributed by atoms with E-state index < -0.39 is 50.6 Å². The number of hydrogen-bond donors (Lipinski definition) is 3. The molecule has 1 aromatic carbocycles. The minimum Gasteiger partial charge on any atom is -0.506 e. The monoisotopic (exact) mass is 602 g/mol. The first-order valence-corrected chi connectivity index (χ1v) is 15.6. The first-order valence-electron chi connectivity index (χ1n) is 15.6. The highest BCUT2D eigenvalue weighted by molar-refractivity contribution is 6.41. The van der Waals surface area contributed by atoms with Gasteiger partial charge in [0.15, 0.2) is 28.8 Å². The quantitative estimate of drug-likeness (QED) is 0.0616. The van der Waals surface area contributed by atoms with Crippen molar-refractivity contribution in [2.24, 2.45) is 22.2 Å². The Labute approximate surface area is 263 Å². The van der Waals surface area contributed by atoms with Crippen molar-refractivity contribution in [2.45, 2.75) is 101 Å². The van der Waals surface area contributed by atoms with E-state index in [9.17, 15) is 20.1 Å². The van der Waals surface area contributed by atoms with Crippen LogP contribution in [0.25, 0.3) is 5.76 Å². The summed E-state index contributed by atoms with van der Waals surface area (Å²) >= 11 is 0. The number of phenolic OH excluding ortho intramolecular Hbond substituents is 2. The van der Waals surface area contributed by atoms with Crippen molar-refractivity contribution in [3.8, 4) is 11.5 Å². The van der Waals surface area contributed by atoms with Gasteiger partial charge in [-0.2, -0.15) is 0 Å². The lowest BCUT2D eigenvalue weighted by Gasteiger charge is -2.61. The van der Waals surface area contributed by atoms with Crippen LogP contribution in [0.1, 0.15) is 106 Å². The minimum absolute atomic E-state index is 0.0199. The number of carbonyl (C=O) groups excluding carboxylic acids is 3. The Hall–Kier alpha value is -3.67. The van der Waals surface area contributed by atoms with Gasteiger partial charge in [-0.25, -0.2) is 0 Å². The van der Waals surface area contributed by atoms with E-state index in [1.165, 1.54) is 12.1 Å². The molecule has 6 heteroatoms. The summed E-state index contributed by atoms with van der Waals surface area (Å²) in [5.74, 6) is -3.32. The molecule has 2 aliphatic carbocycles. The van der Waals surface area contributed by atoms with Gasteiger partial charge in [0.1, 0.15) is 16.7 Å². The van der Waals surface area contributed by atoms with Crippen LogP contribution in [0.5, 0.6) is 11.5 Å². The van der Waals surface area contributed by atoms with E-state index in [1.54, 1.807) is 0 Å². The van der Waals surface area contributed by atoms with E-state index >= 15 is 9.59 Å². The Morgan fingerprint density at radius 1 is 0.795 bits per heavy atom. The van der Waals surface area contributed by atoms with Gasteiger partial charge in [-0.05, 0) is 123 Å². The number of fused-ring (bicyclic) bond motifs is 2. The number of rotatable bonds is 10. The molecular weight excluding hydrogens is 552 g/mol. The van der Waals surface area contributed by atoms with Crippen LogP contribution in [0.4, 0.5) is 0 Å². The molecule has 238 valence electrons. The van der Waals surface area contributed by atoms with Crippen LogP contribution in [0.2, 0.25) is 0 Å². The Morgan fingerprint density at radius 3 is 1.91 bits per heavy atom. The predicted molar refractivity (Wildman–Crippen MR) is 176 cm³/mol. The molecule has 0 saturated heterocycles. The van der Waals surface area contributed by atoms with E-state index in [0.717, 1.165) is 28.4 Å². The summed E-state index contributed by atoms with van der Waals surface area (Å²) in [6.07, 6.45) is 10.4. The average Bonchev–Trinajstić information content (AvgIpc) is 2.92. The highest BCUT2D eigenvalue weighted by Crippen LogP contribution is 2.67. The first-order chi connectivity index (χ1) is 20.4. The van der Waals surface area contributed by atoms with Gasteiger partial charge in [-0.15, -0.1) is 0 Å². The standard InChI is InChI=1S/C38H50O6/c1-23(2)11-10-18-36(9)28(14-12-24(3)4)22-37(19-16-25(5)6)33(42)31(32(41)27-13-15-29(39)30(40)21-27)34(43)38(36,35(37)44)20-17-26(7)8/h11-13,15-17,21,28,39-41H,10,14,18-20,22H2,1-9H3/b32-31-. The molecule has 1 aromatic rings. The molecule has 0 radical (unpaired) electrons. The third-order valence-electron chi connectivity index (χ3n) is 9.76. The normalized spacial score (nSPS) is 27.4. The van der Waals surface area contributed by atoms with E-state index in [-0.39, 0.29) is 36.5 Å². The van der Waals surface area contributed by atoms with Gasteiger partial charge >= 0.3 is 0 Å². The average molecular weight is 603 g/mol. The second kappa shape index (κ2) is 13.1. The topological polar surface area (TPSA) is 112 Å². The number of aromatic hydroxyl groups is 2. The van der Waals surface area contributed by atoms with Gasteiger partial charge in [0.2, 0.25) is 0 Å². The molecule has 2 fully saturated rings. The maximum atomic E-state index is 15.2. The molecule has 2 bridgehead atoms. The number of allylic oxidation sites excluding steroid dienone is 9. The number of hydrogen-bond acceptors (Lipinski definition) is 6. The third kappa shape index (κ3) is 6.13. The zero-order valence-electron chi connectivity index (χ0n) is 27.9. The fraction of sp³-hybridized carbons (Fsp3) is 0.500. The van der Waals surface area contributed by atoms with E-state index in [1.807, 2.05) is 74.5 Å². The summed E-state index contributed by atoms with van der Waals surface area (Å²) in [6, 6.07) is 3.67. The lowest BCUT2D eigenvalue weighted by molar-refractivity contribution is -0.178. The summed E-state index contributed by atoms with van der Waals surface area (Å²) in [4.78, 5) is 45.0. The van der Waals surface area contributed by atoms with Crippen molar-refractivity contribution in [2.75, 3.05) is 0 Å². The van der Waals surface area contributed by atoms with Crippen LogP contribution in [-0.2, 0) is 14.4 Å². The number of carbonyl (C=O) groups is 3. The van der Waals surface area contributed by atoms with Crippen LogP contribution in [0, 0.1) is 22.2 Å². The molecule has 2 saturated carbocycles. The molecule has 0 amide bonds. The summed E-state index contributed by atoms with van der Waals surface area (Å²) < 4.78 is 0. The molecule has 4 atom stereocenters. The predicted octanol–water partition coefficient (Wildman–Crippen LogP) is 8.90. The lowest BCUT2D eigenvalue weighted by Crippen LogP contribution is -2.70. The number of phenols is 2. The van der Waals surface area contributed by atoms with Gasteiger partial charge in [-0.3, -0.25) is 14.4 Å². The molecule has 3 rings (SSSR count). The Balaban J connectivity index is 2.51. The van der Waals surface area contributed by atoms with Crippen molar-refractivity contribution in [3.05, 3.63) is 75.9 Å². The fourth-order valence-corrected chi connectivity index (χ4v) is 7.12. The van der Waals surface area contributed by atoms with Gasteiger partial charge < -0.3 is 15.3 Å². The molecule has 6 nitrogen and oxygen atoms in total. The Kier molecular flexibility index (Phi) is 10.4. The molecule has 3 N–H and O–H groups in total. The van der Waals surface area contributed by atoms with Crippen LogP contribution in [0.15, 0.2) is 70.4 Å². The SMILES string of the molecule is CC(C)=CCCC1(C)C(CC=C(C)C)CC2(CC=C(C)C)C(=O)/C(=C(/O)c3ccc(O)c(O)c3)C(=O)C1(CC=C(C)C)C2=O. The van der Waals surface area contributed by atoms with Gasteiger partial charge in [0.25, 0.3) is 0 Å². The first kappa shape index (κ1) is 34.8. The van der Waals surface area contributed by atoms with Gasteiger partial charge in [-0.1, -0.05) is 53.5 Å². The van der Waals surface area contributed by atoms with Crippen LogP contribution in [-0.4, -0.2) is 32.7 Å². The van der Waals surface area contributed by atoms with Crippen LogP contribution < -0.4 is 0 Å². The number of Topliss-reactive ketones (excluding diaryl/α,β-unsaturated/α-hetero) is 3. The fourth-order valence-electron chi connectivity index (χ4n) is 7.12. The number of aliphatic hydroxyl groups excluding tert-OH is 1. The highest BCUT2D eigenvalue weighted by atomic mass is 16.3. The number of ketones is 3. The molecular formula is C38H50O6. The van der Waals surface area contributed by atoms with Crippen molar-refractivity contribution < 1.29 is 29.7 Å². The van der Waals surface area contributed by atoms with Gasteiger partial charge in [0.05, 0.1) is 5.41 Å². The maximum Gasteiger partial charge on any atom is 0.184 e. The van der Waals surface area contributed by atoms with Crippen molar-refractivity contribution in [1.82, 2.24) is 0 Å². The molecule has 0 aliphatic heterocycles. The number of aliphatic hydroxyl groups is 1. The van der Waals surface area contributed by atoms with Crippen LogP contribution in [0.3, 0.4) is 0 Å². The van der Waals surface area contributed by atoms with Gasteiger partial charge in [0, 0.05) is 5.56 Å². The second-order valence-electron chi connectivity index (χ2n) is 14.0. The maximum absolute atomic E-state index is 15.2. The summed E-state index contributed by atoms with van der Waals surface area (Å²) in [5, 5.41) is 31.8. The van der Waals surface area contributed by atoms with E-state index in [0.29, 0.717) is 19.3 Å². The third-order valence-corrected chi connectivity index (χ3v) is 9.76. The number of benzene rings is 1.